The van der Waals surface area contributed by atoms with E-state index in [0.29, 0.717) is 0 Å². The van der Waals surface area contributed by atoms with Crippen molar-refractivity contribution in [2.45, 2.75) is 37.6 Å². The Kier molecular flexibility index (Phi) is 5.09. The van der Waals surface area contributed by atoms with E-state index in [4.69, 9.17) is 18.9 Å². The highest BCUT2D eigenvalue weighted by Crippen LogP contribution is 2.39. The van der Waals surface area contributed by atoms with Crippen LogP contribution in [-0.4, -0.2) is 64.2 Å². The SMILES string of the molecule is COC(=O)[C@H]1O[C@](C)(OC)[C@@](C)(OC)O[C@@H]1C(=O)OC. The van der Waals surface area contributed by atoms with Crippen LogP contribution in [0.25, 0.3) is 0 Å². The highest BCUT2D eigenvalue weighted by Gasteiger charge is 2.60. The van der Waals surface area contributed by atoms with Gasteiger partial charge in [-0.2, -0.15) is 0 Å². The Morgan fingerprint density at radius 2 is 1.10 bits per heavy atom. The first-order valence-electron chi connectivity index (χ1n) is 5.90. The molecule has 1 aliphatic heterocycles. The van der Waals surface area contributed by atoms with E-state index in [1.165, 1.54) is 42.3 Å². The van der Waals surface area contributed by atoms with Crippen LogP contribution in [0.3, 0.4) is 0 Å². The Bertz CT molecular complexity index is 348. The van der Waals surface area contributed by atoms with Gasteiger partial charge < -0.3 is 28.4 Å². The number of carbonyl (C=O) groups is 2. The van der Waals surface area contributed by atoms with Gasteiger partial charge in [-0.3, -0.25) is 0 Å². The molecule has 0 amide bonds. The minimum atomic E-state index is -1.41. The maximum absolute atomic E-state index is 11.8. The van der Waals surface area contributed by atoms with Crippen LogP contribution >= 0.6 is 0 Å². The molecule has 20 heavy (non-hydrogen) atoms. The maximum atomic E-state index is 11.8. The summed E-state index contributed by atoms with van der Waals surface area (Å²) in [5.41, 5.74) is 0. The molecular formula is C12H20O8. The van der Waals surface area contributed by atoms with Gasteiger partial charge in [0.15, 0.2) is 12.2 Å². The van der Waals surface area contributed by atoms with Crippen LogP contribution in [0.2, 0.25) is 0 Å². The summed E-state index contributed by atoms with van der Waals surface area (Å²) in [5.74, 6) is -4.38. The average molecular weight is 292 g/mol. The van der Waals surface area contributed by atoms with E-state index in [2.05, 4.69) is 9.47 Å². The summed E-state index contributed by atoms with van der Waals surface area (Å²) >= 11 is 0. The molecule has 0 radical (unpaired) electrons. The largest absolute Gasteiger partial charge is 0.467 e. The molecule has 8 nitrogen and oxygen atoms in total. The van der Waals surface area contributed by atoms with Crippen molar-refractivity contribution >= 4 is 11.9 Å². The molecule has 0 aromatic carbocycles. The fourth-order valence-electron chi connectivity index (χ4n) is 1.86. The van der Waals surface area contributed by atoms with Crippen molar-refractivity contribution in [2.75, 3.05) is 28.4 Å². The molecule has 1 aliphatic rings. The smallest absolute Gasteiger partial charge is 0.338 e. The second kappa shape index (κ2) is 6.04. The second-order valence-electron chi connectivity index (χ2n) is 4.42. The van der Waals surface area contributed by atoms with Crippen LogP contribution in [0, 0.1) is 0 Å². The molecule has 1 heterocycles. The van der Waals surface area contributed by atoms with Gasteiger partial charge in [0.1, 0.15) is 0 Å². The van der Waals surface area contributed by atoms with Gasteiger partial charge in [0.05, 0.1) is 14.2 Å². The maximum Gasteiger partial charge on any atom is 0.338 e. The minimum Gasteiger partial charge on any atom is -0.467 e. The van der Waals surface area contributed by atoms with E-state index in [1.54, 1.807) is 0 Å². The molecule has 0 spiro atoms. The third-order valence-electron chi connectivity index (χ3n) is 3.45. The molecule has 0 unspecified atom stereocenters. The number of hydrogen-bond acceptors (Lipinski definition) is 8. The van der Waals surface area contributed by atoms with Crippen molar-refractivity contribution in [3.05, 3.63) is 0 Å². The van der Waals surface area contributed by atoms with Gasteiger partial charge in [-0.25, -0.2) is 9.59 Å². The Hall–Kier alpha value is -1.22. The van der Waals surface area contributed by atoms with E-state index in [9.17, 15) is 9.59 Å². The summed E-state index contributed by atoms with van der Waals surface area (Å²) in [5, 5.41) is 0. The third kappa shape index (κ3) is 2.64. The second-order valence-corrected chi connectivity index (χ2v) is 4.42. The minimum absolute atomic E-state index is 0.776. The molecule has 0 N–H and O–H groups in total. The Balaban J connectivity index is 3.18. The van der Waals surface area contributed by atoms with Gasteiger partial charge in [-0.1, -0.05) is 0 Å². The van der Waals surface area contributed by atoms with E-state index in [0.717, 1.165) is 0 Å². The van der Waals surface area contributed by atoms with Crippen LogP contribution in [0.1, 0.15) is 13.8 Å². The van der Waals surface area contributed by atoms with Crippen molar-refractivity contribution in [1.82, 2.24) is 0 Å². The number of methoxy groups -OCH3 is 4. The van der Waals surface area contributed by atoms with E-state index in [-0.39, 0.29) is 0 Å². The lowest BCUT2D eigenvalue weighted by atomic mass is 10.0. The zero-order chi connectivity index (χ0) is 15.6. The summed E-state index contributed by atoms with van der Waals surface area (Å²) < 4.78 is 30.8. The fraction of sp³-hybridized carbons (Fsp3) is 0.833. The van der Waals surface area contributed by atoms with Crippen molar-refractivity contribution in [3.63, 3.8) is 0 Å². The third-order valence-corrected chi connectivity index (χ3v) is 3.45. The number of hydrogen-bond donors (Lipinski definition) is 0. The number of rotatable bonds is 4. The Morgan fingerprint density at radius 3 is 1.30 bits per heavy atom. The first-order chi connectivity index (χ1) is 9.28. The topological polar surface area (TPSA) is 89.5 Å². The van der Waals surface area contributed by atoms with E-state index >= 15 is 0 Å². The highest BCUT2D eigenvalue weighted by atomic mass is 16.8. The van der Waals surface area contributed by atoms with Crippen molar-refractivity contribution in [2.24, 2.45) is 0 Å². The van der Waals surface area contributed by atoms with Gasteiger partial charge >= 0.3 is 11.9 Å². The molecule has 0 bridgehead atoms. The Labute approximate surface area is 117 Å². The van der Waals surface area contributed by atoms with E-state index < -0.39 is 35.7 Å². The predicted molar refractivity (Wildman–Crippen MR) is 64.6 cm³/mol. The zero-order valence-corrected chi connectivity index (χ0v) is 12.4. The summed E-state index contributed by atoms with van der Waals surface area (Å²) in [6.07, 6.45) is -2.64. The summed E-state index contributed by atoms with van der Waals surface area (Å²) in [7, 11) is 5.09. The molecule has 0 aromatic rings. The number of esters is 2. The number of carbonyl (C=O) groups excluding carboxylic acids is 2. The molecule has 1 saturated heterocycles. The average Bonchev–Trinajstić information content (AvgIpc) is 2.47. The van der Waals surface area contributed by atoms with Crippen molar-refractivity contribution < 1.29 is 38.0 Å². The molecule has 4 atom stereocenters. The Morgan fingerprint density at radius 1 is 0.800 bits per heavy atom. The molecule has 0 saturated carbocycles. The molecule has 0 aliphatic carbocycles. The fourth-order valence-corrected chi connectivity index (χ4v) is 1.86. The monoisotopic (exact) mass is 292 g/mol. The van der Waals surface area contributed by atoms with Crippen LogP contribution in [-0.2, 0) is 38.0 Å². The van der Waals surface area contributed by atoms with Crippen LogP contribution < -0.4 is 0 Å². The quantitative estimate of drug-likeness (QED) is 0.660. The summed E-state index contributed by atoms with van der Waals surface area (Å²) in [4.78, 5) is 23.5. The lowest BCUT2D eigenvalue weighted by molar-refractivity contribution is -0.439. The van der Waals surface area contributed by atoms with Crippen LogP contribution in [0.5, 0.6) is 0 Å². The molecule has 1 rings (SSSR count). The van der Waals surface area contributed by atoms with Gasteiger partial charge in [0.2, 0.25) is 11.6 Å². The van der Waals surface area contributed by atoms with Gasteiger partial charge in [-0.15, -0.1) is 0 Å². The van der Waals surface area contributed by atoms with Crippen molar-refractivity contribution in [3.8, 4) is 0 Å². The van der Waals surface area contributed by atoms with Gasteiger partial charge in [0.25, 0.3) is 0 Å². The molecule has 8 heteroatoms. The van der Waals surface area contributed by atoms with Crippen molar-refractivity contribution in [1.29, 1.82) is 0 Å². The van der Waals surface area contributed by atoms with Crippen LogP contribution in [0.4, 0.5) is 0 Å². The van der Waals surface area contributed by atoms with Crippen LogP contribution in [0.15, 0.2) is 0 Å². The highest BCUT2D eigenvalue weighted by molar-refractivity contribution is 5.85. The normalized spacial score (nSPS) is 37.3. The standard InChI is InChI=1S/C12H20O8/c1-11(17-5)12(2,18-6)20-8(10(14)16-4)7(19-11)9(13)15-3/h7-8H,1-6H3/t7-,8-,11-,12-/m0/s1. The van der Waals surface area contributed by atoms with Gasteiger partial charge in [0, 0.05) is 14.2 Å². The molecule has 116 valence electrons. The predicted octanol–water partition coefficient (Wildman–Crippen LogP) is -0.158. The molecular weight excluding hydrogens is 272 g/mol. The molecule has 1 fully saturated rings. The lowest BCUT2D eigenvalue weighted by Crippen LogP contribution is -2.68. The first kappa shape index (κ1) is 16.8. The van der Waals surface area contributed by atoms with E-state index in [1.807, 2.05) is 0 Å². The molecule has 0 aromatic heterocycles. The summed E-state index contributed by atoms with van der Waals surface area (Å²) in [6, 6.07) is 0. The van der Waals surface area contributed by atoms with Gasteiger partial charge in [-0.05, 0) is 13.8 Å². The number of ether oxygens (including phenoxy) is 6. The lowest BCUT2D eigenvalue weighted by Gasteiger charge is -2.50. The first-order valence-corrected chi connectivity index (χ1v) is 5.90. The zero-order valence-electron chi connectivity index (χ0n) is 12.4. The summed E-state index contributed by atoms with van der Waals surface area (Å²) in [6.45, 7) is 3.06.